The van der Waals surface area contributed by atoms with Gasteiger partial charge in [0.1, 0.15) is 5.60 Å². The van der Waals surface area contributed by atoms with E-state index in [1.807, 2.05) is 6.07 Å². The van der Waals surface area contributed by atoms with Crippen molar-refractivity contribution in [3.05, 3.63) is 63.3 Å². The normalized spacial score (nSPS) is 21.2. The number of carbonyl (C=O) groups is 1. The Hall–Kier alpha value is -2.97. The van der Waals surface area contributed by atoms with E-state index < -0.39 is 11.6 Å². The first-order chi connectivity index (χ1) is 15.2. The largest absolute Gasteiger partial charge is 0.455 e. The van der Waals surface area contributed by atoms with Crippen LogP contribution in [0.5, 0.6) is 0 Å². The van der Waals surface area contributed by atoms with Gasteiger partial charge in [0.25, 0.3) is 5.56 Å². The zero-order valence-corrected chi connectivity index (χ0v) is 18.7. The van der Waals surface area contributed by atoms with E-state index in [0.717, 1.165) is 12.1 Å². The Kier molecular flexibility index (Phi) is 4.76. The summed E-state index contributed by atoms with van der Waals surface area (Å²) < 4.78 is 8.56. The minimum Gasteiger partial charge on any atom is -0.455 e. The van der Waals surface area contributed by atoms with Crippen molar-refractivity contribution in [2.75, 3.05) is 6.61 Å². The number of hydrogen-bond acceptors (Lipinski definition) is 6. The quantitative estimate of drug-likeness (QED) is 0.607. The highest BCUT2D eigenvalue weighted by atomic mass is 35.5. The van der Waals surface area contributed by atoms with E-state index in [2.05, 4.69) is 10.3 Å². The van der Waals surface area contributed by atoms with E-state index in [1.165, 1.54) is 10.9 Å². The molecular weight excluding hydrogens is 432 g/mol. The molecule has 1 fully saturated rings. The second-order valence-electron chi connectivity index (χ2n) is 9.34. The van der Waals surface area contributed by atoms with Crippen LogP contribution in [0.2, 0.25) is 5.02 Å². The second-order valence-corrected chi connectivity index (χ2v) is 9.78. The summed E-state index contributed by atoms with van der Waals surface area (Å²) in [5.41, 5.74) is 2.26. The summed E-state index contributed by atoms with van der Waals surface area (Å²) in [5, 5.41) is 18.3. The van der Waals surface area contributed by atoms with Crippen LogP contribution in [-0.2, 0) is 4.74 Å². The predicted octanol–water partition coefficient (Wildman–Crippen LogP) is 3.36. The van der Waals surface area contributed by atoms with Crippen molar-refractivity contribution in [3.8, 4) is 16.8 Å². The van der Waals surface area contributed by atoms with Crippen LogP contribution in [0.4, 0.5) is 0 Å². The first-order valence-electron chi connectivity index (χ1n) is 10.5. The maximum atomic E-state index is 12.9. The number of aliphatic hydroxyl groups excluding tert-OH is 1. The monoisotopic (exact) mass is 454 g/mol. The summed E-state index contributed by atoms with van der Waals surface area (Å²) >= 11 is 6.29. The van der Waals surface area contributed by atoms with Gasteiger partial charge in [0, 0.05) is 28.3 Å². The Morgan fingerprint density at radius 1 is 1.28 bits per heavy atom. The van der Waals surface area contributed by atoms with Crippen molar-refractivity contribution in [2.45, 2.75) is 44.8 Å². The number of carbonyl (C=O) groups excluding carboxylic acids is 1. The second kappa shape index (κ2) is 7.28. The lowest BCUT2D eigenvalue weighted by molar-refractivity contribution is 0.00627. The maximum Gasteiger partial charge on any atom is 0.361 e. The third kappa shape index (κ3) is 3.53. The van der Waals surface area contributed by atoms with Crippen molar-refractivity contribution in [1.82, 2.24) is 19.6 Å². The molecule has 1 aliphatic heterocycles. The standard InChI is InChI=1S/C23H23ClN4O4/c1-23(2,3)32-22(31)17-10-27(26-25-17)18-5-4-13(24)8-14(18)12-6-19-15-9-16(15)20(11-29)28(19)21(30)7-12/h4-8,10,15-16,20,29H,9,11H2,1-3H3/t15-,16+,20-/m1/s1. The van der Waals surface area contributed by atoms with Gasteiger partial charge < -0.3 is 14.4 Å². The Balaban J connectivity index is 1.57. The third-order valence-electron chi connectivity index (χ3n) is 5.95. The first-order valence-corrected chi connectivity index (χ1v) is 10.9. The summed E-state index contributed by atoms with van der Waals surface area (Å²) in [4.78, 5) is 25.3. The topological polar surface area (TPSA) is 99.2 Å². The molecule has 2 aliphatic rings. The van der Waals surface area contributed by atoms with Crippen LogP contribution in [0.1, 0.15) is 55.3 Å². The lowest BCUT2D eigenvalue weighted by Gasteiger charge is -2.18. The number of halogens is 1. The summed E-state index contributed by atoms with van der Waals surface area (Å²) in [6, 6.07) is 8.64. The zero-order chi connectivity index (χ0) is 22.8. The summed E-state index contributed by atoms with van der Waals surface area (Å²) in [6.07, 6.45) is 2.48. The molecule has 0 saturated heterocycles. The highest BCUT2D eigenvalue weighted by Gasteiger charge is 2.52. The van der Waals surface area contributed by atoms with Crippen molar-refractivity contribution < 1.29 is 14.6 Å². The summed E-state index contributed by atoms with van der Waals surface area (Å²) in [6.45, 7) is 5.31. The zero-order valence-electron chi connectivity index (χ0n) is 17.9. The highest BCUT2D eigenvalue weighted by Crippen LogP contribution is 2.58. The van der Waals surface area contributed by atoms with Crippen LogP contribution in [0.25, 0.3) is 16.8 Å². The fourth-order valence-electron chi connectivity index (χ4n) is 4.53. The SMILES string of the molecule is CC(C)(C)OC(=O)c1cn(-c2ccc(Cl)cc2-c2cc3n(c(=O)c2)[C@H](CO)[C@H]2C[C@@H]32)nn1. The molecule has 1 aliphatic carbocycles. The van der Waals surface area contributed by atoms with Crippen LogP contribution in [0, 0.1) is 5.92 Å². The fourth-order valence-corrected chi connectivity index (χ4v) is 4.70. The van der Waals surface area contributed by atoms with E-state index in [4.69, 9.17) is 16.3 Å². The van der Waals surface area contributed by atoms with Gasteiger partial charge >= 0.3 is 5.97 Å². The molecule has 0 amide bonds. The average molecular weight is 455 g/mol. The number of esters is 1. The van der Waals surface area contributed by atoms with Crippen molar-refractivity contribution in [2.24, 2.45) is 5.92 Å². The molecular formula is C23H23ClN4O4. The molecule has 1 saturated carbocycles. The molecule has 1 aromatic carbocycles. The van der Waals surface area contributed by atoms with Gasteiger partial charge in [0.2, 0.25) is 0 Å². The summed E-state index contributed by atoms with van der Waals surface area (Å²) in [5.74, 6) is 0.0610. The number of benzene rings is 1. The molecule has 2 aromatic heterocycles. The minimum absolute atomic E-state index is 0.0395. The van der Waals surface area contributed by atoms with E-state index in [1.54, 1.807) is 49.6 Å². The minimum atomic E-state index is -0.647. The number of ether oxygens (including phenoxy) is 1. The van der Waals surface area contributed by atoms with E-state index in [0.29, 0.717) is 33.7 Å². The lowest BCUT2D eigenvalue weighted by Crippen LogP contribution is -2.26. The van der Waals surface area contributed by atoms with Crippen molar-refractivity contribution >= 4 is 17.6 Å². The fraction of sp³-hybridized carbons (Fsp3) is 0.391. The van der Waals surface area contributed by atoms with Crippen LogP contribution < -0.4 is 5.56 Å². The number of rotatable bonds is 4. The molecule has 0 spiro atoms. The smallest absolute Gasteiger partial charge is 0.361 e. The maximum absolute atomic E-state index is 12.9. The Morgan fingerprint density at radius 3 is 2.78 bits per heavy atom. The van der Waals surface area contributed by atoms with Gasteiger partial charge in [-0.15, -0.1) is 5.10 Å². The van der Waals surface area contributed by atoms with E-state index in [-0.39, 0.29) is 23.9 Å². The molecule has 3 atom stereocenters. The van der Waals surface area contributed by atoms with Gasteiger partial charge in [-0.25, -0.2) is 9.48 Å². The number of aromatic nitrogens is 4. The molecule has 0 bridgehead atoms. The number of fused-ring (bicyclic) bond motifs is 3. The van der Waals surface area contributed by atoms with Crippen LogP contribution >= 0.6 is 11.6 Å². The predicted molar refractivity (Wildman–Crippen MR) is 118 cm³/mol. The van der Waals surface area contributed by atoms with Gasteiger partial charge in [-0.2, -0.15) is 0 Å². The Labute approximate surface area is 189 Å². The third-order valence-corrected chi connectivity index (χ3v) is 6.18. The Bertz CT molecular complexity index is 1290. The van der Waals surface area contributed by atoms with Gasteiger partial charge in [0.05, 0.1) is 24.5 Å². The molecule has 32 heavy (non-hydrogen) atoms. The van der Waals surface area contributed by atoms with E-state index >= 15 is 0 Å². The molecule has 5 rings (SSSR count). The number of aliphatic hydroxyl groups is 1. The van der Waals surface area contributed by atoms with Crippen LogP contribution in [0.15, 0.2) is 41.3 Å². The molecule has 166 valence electrons. The molecule has 3 heterocycles. The molecule has 0 radical (unpaired) electrons. The molecule has 0 unspecified atom stereocenters. The van der Waals surface area contributed by atoms with Gasteiger partial charge in [-0.1, -0.05) is 16.8 Å². The number of nitrogens with zero attached hydrogens (tertiary/aromatic N) is 4. The van der Waals surface area contributed by atoms with Crippen LogP contribution in [0.3, 0.4) is 0 Å². The molecule has 8 nitrogen and oxygen atoms in total. The highest BCUT2D eigenvalue weighted by molar-refractivity contribution is 6.31. The van der Waals surface area contributed by atoms with Crippen molar-refractivity contribution in [3.63, 3.8) is 0 Å². The van der Waals surface area contributed by atoms with Crippen LogP contribution in [-0.4, -0.2) is 42.8 Å². The van der Waals surface area contributed by atoms with Gasteiger partial charge in [-0.3, -0.25) is 4.79 Å². The molecule has 1 N–H and O–H groups in total. The van der Waals surface area contributed by atoms with Crippen molar-refractivity contribution in [1.29, 1.82) is 0 Å². The average Bonchev–Trinajstić information content (AvgIpc) is 3.22. The van der Waals surface area contributed by atoms with Gasteiger partial charge in [-0.05, 0) is 62.9 Å². The molecule has 3 aromatic rings. The number of pyridine rings is 1. The summed E-state index contributed by atoms with van der Waals surface area (Å²) in [7, 11) is 0. The Morgan fingerprint density at radius 2 is 2.06 bits per heavy atom. The molecule has 9 heteroatoms. The van der Waals surface area contributed by atoms with E-state index in [9.17, 15) is 14.7 Å². The first kappa shape index (κ1) is 20.9. The lowest BCUT2D eigenvalue weighted by atomic mass is 10.0. The van der Waals surface area contributed by atoms with Gasteiger partial charge in [0.15, 0.2) is 5.69 Å². The number of hydrogen-bond donors (Lipinski definition) is 1.